The summed E-state index contributed by atoms with van der Waals surface area (Å²) in [5.41, 5.74) is 3.62. The Balaban J connectivity index is 2.10. The maximum atomic E-state index is 9.89. The van der Waals surface area contributed by atoms with Gasteiger partial charge in [0.15, 0.2) is 5.82 Å². The lowest BCUT2D eigenvalue weighted by Gasteiger charge is -2.17. The van der Waals surface area contributed by atoms with Crippen molar-refractivity contribution in [1.29, 1.82) is 0 Å². The molecule has 3 rings (SSSR count). The third-order valence-corrected chi connectivity index (χ3v) is 3.57. The molecule has 1 aromatic heterocycles. The fraction of sp³-hybridized carbons (Fsp3) is 0.118. The number of hydrogen-bond acceptors (Lipinski definition) is 6. The predicted octanol–water partition coefficient (Wildman–Crippen LogP) is 2.87. The number of para-hydroxylation sites is 1. The van der Waals surface area contributed by atoms with Gasteiger partial charge in [0.25, 0.3) is 5.95 Å². The molecule has 0 atom stereocenters. The molecule has 3 N–H and O–H groups in total. The molecule has 0 saturated heterocycles. The third kappa shape index (κ3) is 2.97. The fourth-order valence-electron chi connectivity index (χ4n) is 2.44. The molecule has 0 aliphatic heterocycles. The standard InChI is InChI=1S/C17H17N5O/c1-11-7-6-8-12(2)14(11)15-19-16(21-17(23)20-15)22(18)13-9-4-3-5-10-13/h3-10H,18H2,1-2H3,(H,19,20,21,23). The summed E-state index contributed by atoms with van der Waals surface area (Å²) in [6.07, 6.45) is 0. The molecule has 6 nitrogen and oxygen atoms in total. The van der Waals surface area contributed by atoms with Crippen molar-refractivity contribution < 1.29 is 5.11 Å². The van der Waals surface area contributed by atoms with Crippen LogP contribution < -0.4 is 10.9 Å². The number of anilines is 2. The van der Waals surface area contributed by atoms with Gasteiger partial charge in [-0.1, -0.05) is 36.4 Å². The zero-order valence-electron chi connectivity index (χ0n) is 12.9. The molecule has 6 heteroatoms. The van der Waals surface area contributed by atoms with Crippen LogP contribution in [0, 0.1) is 13.8 Å². The first-order valence-electron chi connectivity index (χ1n) is 7.18. The van der Waals surface area contributed by atoms with Gasteiger partial charge in [-0.3, -0.25) is 0 Å². The van der Waals surface area contributed by atoms with Gasteiger partial charge in [-0.15, -0.1) is 0 Å². The Morgan fingerprint density at radius 3 is 2.17 bits per heavy atom. The fourth-order valence-corrected chi connectivity index (χ4v) is 2.44. The molecule has 0 bridgehead atoms. The summed E-state index contributed by atoms with van der Waals surface area (Å²) in [6.45, 7) is 3.94. The van der Waals surface area contributed by atoms with E-state index < -0.39 is 0 Å². The molecule has 0 fully saturated rings. The Kier molecular flexibility index (Phi) is 3.91. The number of nitrogens with two attached hydrogens (primary N) is 1. The number of hydrazine groups is 1. The largest absolute Gasteiger partial charge is 0.479 e. The summed E-state index contributed by atoms with van der Waals surface area (Å²) in [6, 6.07) is 14.8. The Bertz CT molecular complexity index is 815. The highest BCUT2D eigenvalue weighted by molar-refractivity contribution is 5.66. The molecule has 0 aliphatic rings. The molecule has 0 aliphatic carbocycles. The number of benzene rings is 2. The first-order chi connectivity index (χ1) is 11.1. The minimum absolute atomic E-state index is 0.182. The average Bonchev–Trinajstić information content (AvgIpc) is 2.54. The summed E-state index contributed by atoms with van der Waals surface area (Å²) in [5, 5.41) is 11.2. The van der Waals surface area contributed by atoms with Crippen molar-refractivity contribution >= 4 is 11.6 Å². The highest BCUT2D eigenvalue weighted by Gasteiger charge is 2.15. The van der Waals surface area contributed by atoms with Crippen molar-refractivity contribution in [2.75, 3.05) is 5.01 Å². The molecule has 2 aromatic carbocycles. The van der Waals surface area contributed by atoms with Crippen molar-refractivity contribution in [3.8, 4) is 17.4 Å². The van der Waals surface area contributed by atoms with Crippen LogP contribution in [0.3, 0.4) is 0 Å². The number of aryl methyl sites for hydroxylation is 2. The van der Waals surface area contributed by atoms with E-state index >= 15 is 0 Å². The number of aromatic hydroxyl groups is 1. The van der Waals surface area contributed by atoms with Gasteiger partial charge >= 0.3 is 6.01 Å². The molecule has 0 amide bonds. The van der Waals surface area contributed by atoms with Gasteiger partial charge in [0.1, 0.15) is 0 Å². The van der Waals surface area contributed by atoms with E-state index in [0.717, 1.165) is 16.7 Å². The summed E-state index contributed by atoms with van der Waals surface area (Å²) in [5.74, 6) is 6.66. The van der Waals surface area contributed by atoms with E-state index in [1.807, 2.05) is 62.4 Å². The molecule has 0 radical (unpaired) electrons. The second-order valence-electron chi connectivity index (χ2n) is 5.23. The number of aromatic nitrogens is 3. The number of rotatable bonds is 3. The Morgan fingerprint density at radius 1 is 0.870 bits per heavy atom. The van der Waals surface area contributed by atoms with Crippen LogP contribution in [-0.4, -0.2) is 20.1 Å². The van der Waals surface area contributed by atoms with Crippen molar-refractivity contribution in [2.45, 2.75) is 13.8 Å². The van der Waals surface area contributed by atoms with Gasteiger partial charge < -0.3 is 5.11 Å². The zero-order chi connectivity index (χ0) is 16.4. The maximum absolute atomic E-state index is 9.89. The van der Waals surface area contributed by atoms with Crippen molar-refractivity contribution in [3.05, 3.63) is 59.7 Å². The molecule has 23 heavy (non-hydrogen) atoms. The first-order valence-corrected chi connectivity index (χ1v) is 7.18. The van der Waals surface area contributed by atoms with Gasteiger partial charge in [0.05, 0.1) is 5.69 Å². The Labute approximate surface area is 134 Å². The number of hydrogen-bond donors (Lipinski definition) is 2. The Hall–Kier alpha value is -2.99. The molecule has 3 aromatic rings. The second-order valence-corrected chi connectivity index (χ2v) is 5.23. The van der Waals surface area contributed by atoms with Crippen LogP contribution in [0.15, 0.2) is 48.5 Å². The molecule has 116 valence electrons. The summed E-state index contributed by atoms with van der Waals surface area (Å²) >= 11 is 0. The van der Waals surface area contributed by atoms with Crippen LogP contribution >= 0.6 is 0 Å². The van der Waals surface area contributed by atoms with Gasteiger partial charge in [-0.2, -0.15) is 15.0 Å². The second kappa shape index (κ2) is 6.02. The molecular formula is C17H17N5O. The number of nitrogens with zero attached hydrogens (tertiary/aromatic N) is 4. The van der Waals surface area contributed by atoms with Gasteiger partial charge in [0, 0.05) is 5.56 Å². The van der Waals surface area contributed by atoms with Gasteiger partial charge in [-0.25, -0.2) is 10.9 Å². The minimum Gasteiger partial charge on any atom is -0.479 e. The van der Waals surface area contributed by atoms with E-state index in [-0.39, 0.29) is 12.0 Å². The summed E-state index contributed by atoms with van der Waals surface area (Å²) in [4.78, 5) is 12.4. The highest BCUT2D eigenvalue weighted by Crippen LogP contribution is 2.27. The molecular weight excluding hydrogens is 290 g/mol. The van der Waals surface area contributed by atoms with Crippen molar-refractivity contribution in [1.82, 2.24) is 15.0 Å². The first kappa shape index (κ1) is 14.9. The SMILES string of the molecule is Cc1cccc(C)c1-c1nc(O)nc(N(N)c2ccccc2)n1. The smallest absolute Gasteiger partial charge is 0.319 e. The van der Waals surface area contributed by atoms with Crippen LogP contribution in [0.4, 0.5) is 11.6 Å². The lowest BCUT2D eigenvalue weighted by atomic mass is 10.0. The quantitative estimate of drug-likeness (QED) is 0.571. The van der Waals surface area contributed by atoms with Crippen molar-refractivity contribution in [3.63, 3.8) is 0 Å². The monoisotopic (exact) mass is 307 g/mol. The predicted molar refractivity (Wildman–Crippen MR) is 89.2 cm³/mol. The summed E-state index contributed by atoms with van der Waals surface area (Å²) in [7, 11) is 0. The molecule has 1 heterocycles. The molecule has 0 unspecified atom stereocenters. The van der Waals surface area contributed by atoms with Crippen LogP contribution in [0.5, 0.6) is 6.01 Å². The molecule has 0 spiro atoms. The van der Waals surface area contributed by atoms with Crippen molar-refractivity contribution in [2.24, 2.45) is 5.84 Å². The van der Waals surface area contributed by atoms with E-state index in [9.17, 15) is 5.11 Å². The van der Waals surface area contributed by atoms with Crippen LogP contribution in [0.2, 0.25) is 0 Å². The van der Waals surface area contributed by atoms with E-state index in [1.165, 1.54) is 5.01 Å². The zero-order valence-corrected chi connectivity index (χ0v) is 12.9. The van der Waals surface area contributed by atoms with Gasteiger partial charge in [-0.05, 0) is 37.1 Å². The van der Waals surface area contributed by atoms with E-state index in [4.69, 9.17) is 5.84 Å². The summed E-state index contributed by atoms with van der Waals surface area (Å²) < 4.78 is 0. The highest BCUT2D eigenvalue weighted by atomic mass is 16.3. The topological polar surface area (TPSA) is 88.2 Å². The normalized spacial score (nSPS) is 10.6. The van der Waals surface area contributed by atoms with E-state index in [2.05, 4.69) is 15.0 Å². The van der Waals surface area contributed by atoms with Gasteiger partial charge in [0.2, 0.25) is 0 Å². The van der Waals surface area contributed by atoms with E-state index in [1.54, 1.807) is 0 Å². The lowest BCUT2D eigenvalue weighted by Crippen LogP contribution is -2.27. The van der Waals surface area contributed by atoms with Crippen LogP contribution in [0.25, 0.3) is 11.4 Å². The van der Waals surface area contributed by atoms with Crippen LogP contribution in [0.1, 0.15) is 11.1 Å². The maximum Gasteiger partial charge on any atom is 0.319 e. The average molecular weight is 307 g/mol. The molecule has 0 saturated carbocycles. The lowest BCUT2D eigenvalue weighted by molar-refractivity contribution is 0.429. The van der Waals surface area contributed by atoms with E-state index in [0.29, 0.717) is 11.5 Å². The Morgan fingerprint density at radius 2 is 1.52 bits per heavy atom. The minimum atomic E-state index is -0.362. The van der Waals surface area contributed by atoms with Crippen LogP contribution in [-0.2, 0) is 0 Å². The third-order valence-electron chi connectivity index (χ3n) is 3.57.